The summed E-state index contributed by atoms with van der Waals surface area (Å²) in [6.07, 6.45) is 0. The summed E-state index contributed by atoms with van der Waals surface area (Å²) >= 11 is 0. The molecule has 6 nitrogen and oxygen atoms in total. The van der Waals surface area contributed by atoms with E-state index in [-0.39, 0.29) is 5.69 Å². The van der Waals surface area contributed by atoms with Crippen LogP contribution in [0, 0.1) is 25.5 Å². The number of nitrogens with zero attached hydrogens (tertiary/aromatic N) is 4. The largest absolute Gasteiger partial charge is 0.352 e. The van der Waals surface area contributed by atoms with Gasteiger partial charge in [-0.05, 0) is 43.7 Å². The molecule has 0 bridgehead atoms. The third-order valence-corrected chi connectivity index (χ3v) is 5.37. The quantitative estimate of drug-likeness (QED) is 0.679. The molecule has 160 valence electrons. The van der Waals surface area contributed by atoms with Gasteiger partial charge in [-0.2, -0.15) is 0 Å². The van der Waals surface area contributed by atoms with Gasteiger partial charge in [0, 0.05) is 37.8 Å². The lowest BCUT2D eigenvalue weighted by atomic mass is 10.0. The van der Waals surface area contributed by atoms with Gasteiger partial charge in [0.2, 0.25) is 0 Å². The SMILES string of the molecule is Cc1ccc(-c2ccc(N3CCN(C(=O)Nc4cc(F)ccc4F)CC3)nn2)c(C)c1. The van der Waals surface area contributed by atoms with Crippen LogP contribution in [0.15, 0.2) is 48.5 Å². The number of halogens is 2. The summed E-state index contributed by atoms with van der Waals surface area (Å²) < 4.78 is 27.1. The zero-order chi connectivity index (χ0) is 22.0. The van der Waals surface area contributed by atoms with Crippen molar-refractivity contribution in [1.29, 1.82) is 0 Å². The maximum atomic E-state index is 13.8. The van der Waals surface area contributed by atoms with Crippen molar-refractivity contribution in [1.82, 2.24) is 15.1 Å². The Morgan fingerprint density at radius 3 is 2.39 bits per heavy atom. The van der Waals surface area contributed by atoms with Gasteiger partial charge in [0.15, 0.2) is 5.82 Å². The topological polar surface area (TPSA) is 61.4 Å². The van der Waals surface area contributed by atoms with Crippen LogP contribution in [-0.2, 0) is 0 Å². The first-order valence-corrected chi connectivity index (χ1v) is 10.1. The minimum absolute atomic E-state index is 0.166. The van der Waals surface area contributed by atoms with Gasteiger partial charge in [0.1, 0.15) is 11.6 Å². The van der Waals surface area contributed by atoms with E-state index in [1.54, 1.807) is 4.90 Å². The zero-order valence-corrected chi connectivity index (χ0v) is 17.4. The third-order valence-electron chi connectivity index (χ3n) is 5.37. The van der Waals surface area contributed by atoms with Crippen LogP contribution in [-0.4, -0.2) is 47.3 Å². The molecule has 2 heterocycles. The summed E-state index contributed by atoms with van der Waals surface area (Å²) in [4.78, 5) is 16.0. The smallest absolute Gasteiger partial charge is 0.322 e. The number of piperazine rings is 1. The fraction of sp³-hybridized carbons (Fsp3) is 0.261. The number of aryl methyl sites for hydroxylation is 2. The summed E-state index contributed by atoms with van der Waals surface area (Å²) in [6, 6.07) is 12.6. The molecule has 0 aliphatic carbocycles. The Morgan fingerprint density at radius 1 is 0.935 bits per heavy atom. The van der Waals surface area contributed by atoms with E-state index >= 15 is 0 Å². The summed E-state index contributed by atoms with van der Waals surface area (Å²) in [7, 11) is 0. The molecule has 4 rings (SSSR count). The number of amides is 2. The molecule has 1 saturated heterocycles. The summed E-state index contributed by atoms with van der Waals surface area (Å²) in [6.45, 7) is 6.11. The van der Waals surface area contributed by atoms with Crippen LogP contribution in [0.25, 0.3) is 11.3 Å². The number of nitrogens with one attached hydrogen (secondary N) is 1. The fourth-order valence-corrected chi connectivity index (χ4v) is 3.66. The highest BCUT2D eigenvalue weighted by molar-refractivity contribution is 5.89. The van der Waals surface area contributed by atoms with Gasteiger partial charge in [-0.3, -0.25) is 0 Å². The Balaban J connectivity index is 1.37. The summed E-state index contributed by atoms with van der Waals surface area (Å²) in [5.74, 6) is -0.540. The Morgan fingerprint density at radius 2 is 1.71 bits per heavy atom. The second-order valence-corrected chi connectivity index (χ2v) is 7.62. The number of rotatable bonds is 3. The maximum absolute atomic E-state index is 13.8. The molecule has 31 heavy (non-hydrogen) atoms. The van der Waals surface area contributed by atoms with E-state index in [9.17, 15) is 13.6 Å². The lowest BCUT2D eigenvalue weighted by molar-refractivity contribution is 0.208. The van der Waals surface area contributed by atoms with Crippen molar-refractivity contribution < 1.29 is 13.6 Å². The van der Waals surface area contributed by atoms with Gasteiger partial charge in [0.05, 0.1) is 11.4 Å². The van der Waals surface area contributed by atoms with Gasteiger partial charge >= 0.3 is 6.03 Å². The van der Waals surface area contributed by atoms with Gasteiger partial charge in [-0.1, -0.05) is 23.8 Å². The van der Waals surface area contributed by atoms with Crippen molar-refractivity contribution in [2.24, 2.45) is 0 Å². The molecule has 0 spiro atoms. The third kappa shape index (κ3) is 4.63. The van der Waals surface area contributed by atoms with Gasteiger partial charge in [-0.15, -0.1) is 10.2 Å². The predicted octanol–water partition coefficient (Wildman–Crippen LogP) is 4.39. The minimum atomic E-state index is -0.674. The van der Waals surface area contributed by atoms with Crippen LogP contribution in [0.4, 0.5) is 25.1 Å². The van der Waals surface area contributed by atoms with Crippen LogP contribution in [0.2, 0.25) is 0 Å². The predicted molar refractivity (Wildman–Crippen MR) is 116 cm³/mol. The molecule has 0 saturated carbocycles. The first kappa shape index (κ1) is 20.7. The van der Waals surface area contributed by atoms with Crippen molar-refractivity contribution in [3.8, 4) is 11.3 Å². The molecule has 2 aromatic carbocycles. The van der Waals surface area contributed by atoms with Crippen LogP contribution in [0.1, 0.15) is 11.1 Å². The Bertz CT molecular complexity index is 1100. The second-order valence-electron chi connectivity index (χ2n) is 7.62. The molecule has 8 heteroatoms. The minimum Gasteiger partial charge on any atom is -0.352 e. The summed E-state index contributed by atoms with van der Waals surface area (Å²) in [5, 5.41) is 11.2. The van der Waals surface area contributed by atoms with Crippen molar-refractivity contribution in [3.63, 3.8) is 0 Å². The number of carbonyl (C=O) groups is 1. The molecule has 3 aromatic rings. The number of anilines is 2. The Hall–Kier alpha value is -3.55. The lowest BCUT2D eigenvalue weighted by Gasteiger charge is -2.35. The summed E-state index contributed by atoms with van der Waals surface area (Å²) in [5.41, 5.74) is 4.05. The van der Waals surface area contributed by atoms with Crippen LogP contribution >= 0.6 is 0 Å². The van der Waals surface area contributed by atoms with Crippen LogP contribution < -0.4 is 10.2 Å². The van der Waals surface area contributed by atoms with Crippen molar-refractivity contribution in [2.45, 2.75) is 13.8 Å². The van der Waals surface area contributed by atoms with E-state index in [2.05, 4.69) is 41.5 Å². The monoisotopic (exact) mass is 423 g/mol. The highest BCUT2D eigenvalue weighted by Crippen LogP contribution is 2.24. The lowest BCUT2D eigenvalue weighted by Crippen LogP contribution is -2.50. The Kier molecular flexibility index (Phi) is 5.79. The molecule has 0 atom stereocenters. The Labute approximate surface area is 179 Å². The van der Waals surface area contributed by atoms with E-state index in [0.29, 0.717) is 26.2 Å². The molecule has 1 aromatic heterocycles. The number of benzene rings is 2. The fourth-order valence-electron chi connectivity index (χ4n) is 3.66. The van der Waals surface area contributed by atoms with Crippen LogP contribution in [0.3, 0.4) is 0 Å². The van der Waals surface area contributed by atoms with Crippen molar-refractivity contribution in [2.75, 3.05) is 36.4 Å². The van der Waals surface area contributed by atoms with Gasteiger partial charge in [-0.25, -0.2) is 13.6 Å². The van der Waals surface area contributed by atoms with E-state index < -0.39 is 17.7 Å². The molecule has 0 unspecified atom stereocenters. The highest BCUT2D eigenvalue weighted by atomic mass is 19.1. The van der Waals surface area contributed by atoms with Crippen molar-refractivity contribution in [3.05, 3.63) is 71.3 Å². The average Bonchev–Trinajstić information content (AvgIpc) is 2.77. The standard InChI is InChI=1S/C23H23F2N5O/c1-15-3-5-18(16(2)13-15)20-7-8-22(28-27-20)29-9-11-30(12-10-29)23(31)26-21-14-17(24)4-6-19(21)25/h3-8,13-14H,9-12H2,1-2H3,(H,26,31). The average molecular weight is 423 g/mol. The number of carbonyl (C=O) groups excluding carboxylic acids is 1. The second kappa shape index (κ2) is 8.67. The van der Waals surface area contributed by atoms with Crippen molar-refractivity contribution >= 4 is 17.5 Å². The van der Waals surface area contributed by atoms with E-state index in [0.717, 1.165) is 40.8 Å². The number of hydrogen-bond acceptors (Lipinski definition) is 4. The van der Waals surface area contributed by atoms with E-state index in [1.165, 1.54) is 5.56 Å². The first-order chi connectivity index (χ1) is 14.9. The van der Waals surface area contributed by atoms with E-state index in [1.807, 2.05) is 23.1 Å². The zero-order valence-electron chi connectivity index (χ0n) is 17.4. The molecular formula is C23H23F2N5O. The van der Waals surface area contributed by atoms with Gasteiger partial charge in [0.25, 0.3) is 0 Å². The molecular weight excluding hydrogens is 400 g/mol. The highest BCUT2D eigenvalue weighted by Gasteiger charge is 2.23. The number of hydrogen-bond donors (Lipinski definition) is 1. The molecule has 1 aliphatic heterocycles. The number of aromatic nitrogens is 2. The molecule has 1 fully saturated rings. The molecule has 1 N–H and O–H groups in total. The van der Waals surface area contributed by atoms with Gasteiger partial charge < -0.3 is 15.1 Å². The molecule has 0 radical (unpaired) electrons. The normalized spacial score (nSPS) is 13.9. The first-order valence-electron chi connectivity index (χ1n) is 10.1. The molecule has 1 aliphatic rings. The maximum Gasteiger partial charge on any atom is 0.322 e. The van der Waals surface area contributed by atoms with E-state index in [4.69, 9.17) is 0 Å². The molecule has 2 amide bonds. The number of urea groups is 1. The van der Waals surface area contributed by atoms with Crippen LogP contribution in [0.5, 0.6) is 0 Å².